The summed E-state index contributed by atoms with van der Waals surface area (Å²) in [5.41, 5.74) is -0.0917. The van der Waals surface area contributed by atoms with Crippen molar-refractivity contribution in [3.8, 4) is 11.5 Å². The summed E-state index contributed by atoms with van der Waals surface area (Å²) < 4.78 is 17.4. The Morgan fingerprint density at radius 3 is 2.74 bits per heavy atom. The molecule has 2 fully saturated rings. The number of hydrogen-bond acceptors (Lipinski definition) is 5. The second-order valence-corrected chi connectivity index (χ2v) is 6.40. The number of para-hydroxylation sites is 2. The largest absolute Gasteiger partial charge is 0.485 e. The van der Waals surface area contributed by atoms with E-state index in [1.165, 1.54) is 0 Å². The Hall–Kier alpha value is -1.79. The van der Waals surface area contributed by atoms with Crippen molar-refractivity contribution < 1.29 is 19.0 Å². The van der Waals surface area contributed by atoms with Gasteiger partial charge in [0.05, 0.1) is 12.2 Å². The summed E-state index contributed by atoms with van der Waals surface area (Å²) in [6, 6.07) is 7.47. The van der Waals surface area contributed by atoms with Gasteiger partial charge in [0.15, 0.2) is 11.5 Å². The maximum Gasteiger partial charge on any atom is 0.267 e. The number of piperidine rings is 1. The van der Waals surface area contributed by atoms with Crippen LogP contribution in [0.25, 0.3) is 0 Å². The number of likely N-dealkylation sites (tertiary alicyclic amines) is 1. The van der Waals surface area contributed by atoms with Gasteiger partial charge in [-0.25, -0.2) is 0 Å². The number of nitrogens with one attached hydrogen (secondary N) is 1. The standard InChI is InChI=1S/C17H22N2O4/c20-16(15-11-21-13-3-1-2-4-14(13)23-15)19-8-5-17(6-9-19)12-18-7-10-22-17/h1-4,15,18H,5-12H2. The van der Waals surface area contributed by atoms with Crippen molar-refractivity contribution in [3.63, 3.8) is 0 Å². The van der Waals surface area contributed by atoms with E-state index in [-0.39, 0.29) is 18.1 Å². The van der Waals surface area contributed by atoms with Gasteiger partial charge in [-0.05, 0) is 25.0 Å². The number of nitrogens with zero attached hydrogens (tertiary/aromatic N) is 1. The molecule has 3 aliphatic rings. The van der Waals surface area contributed by atoms with E-state index < -0.39 is 6.10 Å². The zero-order valence-electron chi connectivity index (χ0n) is 13.1. The normalized spacial score (nSPS) is 26.1. The zero-order valence-corrected chi connectivity index (χ0v) is 13.1. The maximum atomic E-state index is 12.7. The quantitative estimate of drug-likeness (QED) is 0.830. The van der Waals surface area contributed by atoms with E-state index in [2.05, 4.69) is 5.32 Å². The first-order valence-electron chi connectivity index (χ1n) is 8.28. The average molecular weight is 318 g/mol. The molecule has 0 saturated carbocycles. The van der Waals surface area contributed by atoms with Crippen LogP contribution in [-0.2, 0) is 9.53 Å². The smallest absolute Gasteiger partial charge is 0.267 e. The fraction of sp³-hybridized carbons (Fsp3) is 0.588. The molecule has 1 aromatic rings. The molecule has 3 heterocycles. The van der Waals surface area contributed by atoms with Gasteiger partial charge in [-0.3, -0.25) is 4.79 Å². The molecule has 0 aliphatic carbocycles. The molecule has 0 bridgehead atoms. The first kappa shape index (κ1) is 14.8. The van der Waals surface area contributed by atoms with Gasteiger partial charge in [0, 0.05) is 26.2 Å². The first-order chi connectivity index (χ1) is 11.3. The van der Waals surface area contributed by atoms with Crippen LogP contribution in [0.2, 0.25) is 0 Å². The van der Waals surface area contributed by atoms with Gasteiger partial charge in [-0.15, -0.1) is 0 Å². The highest BCUT2D eigenvalue weighted by Crippen LogP contribution is 2.32. The van der Waals surface area contributed by atoms with Crippen LogP contribution in [0.3, 0.4) is 0 Å². The number of carbonyl (C=O) groups is 1. The van der Waals surface area contributed by atoms with Gasteiger partial charge in [0.2, 0.25) is 6.10 Å². The Labute approximate surface area is 135 Å². The Bertz CT molecular complexity index is 576. The SMILES string of the molecule is O=C(C1COc2ccccc2O1)N1CCC2(CC1)CNCCO2. The molecular formula is C17H22N2O4. The number of amides is 1. The van der Waals surface area contributed by atoms with E-state index in [1.807, 2.05) is 29.2 Å². The summed E-state index contributed by atoms with van der Waals surface area (Å²) in [6.45, 7) is 4.24. The lowest BCUT2D eigenvalue weighted by atomic mass is 9.90. The van der Waals surface area contributed by atoms with Gasteiger partial charge in [0.25, 0.3) is 5.91 Å². The Balaban J connectivity index is 1.37. The van der Waals surface area contributed by atoms with Crippen molar-refractivity contribution in [1.82, 2.24) is 10.2 Å². The van der Waals surface area contributed by atoms with Crippen molar-refractivity contribution in [2.45, 2.75) is 24.5 Å². The topological polar surface area (TPSA) is 60.0 Å². The van der Waals surface area contributed by atoms with Gasteiger partial charge in [0.1, 0.15) is 6.61 Å². The van der Waals surface area contributed by atoms with Crippen LogP contribution in [-0.4, -0.2) is 61.9 Å². The Kier molecular flexibility index (Phi) is 3.87. The van der Waals surface area contributed by atoms with E-state index in [0.717, 1.165) is 32.5 Å². The molecule has 1 unspecified atom stereocenters. The molecule has 6 heteroatoms. The predicted octanol–water partition coefficient (Wildman–Crippen LogP) is 0.807. The van der Waals surface area contributed by atoms with Gasteiger partial charge < -0.3 is 24.4 Å². The van der Waals surface area contributed by atoms with E-state index in [9.17, 15) is 4.79 Å². The van der Waals surface area contributed by atoms with Crippen LogP contribution in [0.15, 0.2) is 24.3 Å². The van der Waals surface area contributed by atoms with Crippen molar-refractivity contribution in [3.05, 3.63) is 24.3 Å². The molecule has 4 rings (SSSR count). The number of benzene rings is 1. The number of rotatable bonds is 1. The lowest BCUT2D eigenvalue weighted by Crippen LogP contribution is -2.58. The summed E-state index contributed by atoms with van der Waals surface area (Å²) in [6.07, 6.45) is 1.19. The van der Waals surface area contributed by atoms with Crippen LogP contribution in [0.5, 0.6) is 11.5 Å². The number of ether oxygens (including phenoxy) is 3. The van der Waals surface area contributed by atoms with E-state index >= 15 is 0 Å². The van der Waals surface area contributed by atoms with Crippen molar-refractivity contribution in [1.29, 1.82) is 0 Å². The molecular weight excluding hydrogens is 296 g/mol. The lowest BCUT2D eigenvalue weighted by molar-refractivity contribution is -0.149. The summed E-state index contributed by atoms with van der Waals surface area (Å²) in [7, 11) is 0. The van der Waals surface area contributed by atoms with E-state index in [1.54, 1.807) is 0 Å². The molecule has 124 valence electrons. The van der Waals surface area contributed by atoms with Crippen molar-refractivity contribution in [2.75, 3.05) is 39.4 Å². The second-order valence-electron chi connectivity index (χ2n) is 6.40. The highest BCUT2D eigenvalue weighted by Gasteiger charge is 2.40. The predicted molar refractivity (Wildman–Crippen MR) is 83.7 cm³/mol. The number of carbonyl (C=O) groups excluding carboxylic acids is 1. The molecule has 23 heavy (non-hydrogen) atoms. The monoisotopic (exact) mass is 318 g/mol. The summed E-state index contributed by atoms with van der Waals surface area (Å²) in [5, 5.41) is 3.39. The summed E-state index contributed by atoms with van der Waals surface area (Å²) in [5.74, 6) is 1.36. The molecule has 6 nitrogen and oxygen atoms in total. The highest BCUT2D eigenvalue weighted by molar-refractivity contribution is 5.82. The van der Waals surface area contributed by atoms with Gasteiger partial charge in [-0.2, -0.15) is 0 Å². The first-order valence-corrected chi connectivity index (χ1v) is 8.28. The molecule has 1 spiro atoms. The molecule has 2 saturated heterocycles. The fourth-order valence-corrected chi connectivity index (χ4v) is 3.51. The third-order valence-electron chi connectivity index (χ3n) is 4.90. The third kappa shape index (κ3) is 2.88. The Morgan fingerprint density at radius 2 is 2.00 bits per heavy atom. The fourth-order valence-electron chi connectivity index (χ4n) is 3.51. The van der Waals surface area contributed by atoms with Gasteiger partial charge >= 0.3 is 0 Å². The minimum atomic E-state index is -0.552. The minimum absolute atomic E-state index is 0.0121. The highest BCUT2D eigenvalue weighted by atomic mass is 16.6. The number of morpholine rings is 1. The zero-order chi connectivity index (χ0) is 15.7. The summed E-state index contributed by atoms with van der Waals surface area (Å²) in [4.78, 5) is 14.6. The average Bonchev–Trinajstić information content (AvgIpc) is 2.62. The third-order valence-corrected chi connectivity index (χ3v) is 4.90. The molecule has 1 atom stereocenters. The number of hydrogen-bond donors (Lipinski definition) is 1. The van der Waals surface area contributed by atoms with Crippen LogP contribution in [0.4, 0.5) is 0 Å². The molecule has 0 aromatic heterocycles. The summed E-state index contributed by atoms with van der Waals surface area (Å²) >= 11 is 0. The number of fused-ring (bicyclic) bond motifs is 1. The van der Waals surface area contributed by atoms with Crippen LogP contribution >= 0.6 is 0 Å². The molecule has 0 radical (unpaired) electrons. The van der Waals surface area contributed by atoms with Crippen LogP contribution in [0.1, 0.15) is 12.8 Å². The van der Waals surface area contributed by atoms with Crippen molar-refractivity contribution in [2.24, 2.45) is 0 Å². The minimum Gasteiger partial charge on any atom is -0.485 e. The van der Waals surface area contributed by atoms with Crippen LogP contribution < -0.4 is 14.8 Å². The molecule has 1 N–H and O–H groups in total. The van der Waals surface area contributed by atoms with E-state index in [4.69, 9.17) is 14.2 Å². The van der Waals surface area contributed by atoms with Gasteiger partial charge in [-0.1, -0.05) is 12.1 Å². The molecule has 1 aromatic carbocycles. The second kappa shape index (κ2) is 6.02. The van der Waals surface area contributed by atoms with Crippen LogP contribution in [0, 0.1) is 0 Å². The lowest BCUT2D eigenvalue weighted by Gasteiger charge is -2.44. The molecule has 3 aliphatic heterocycles. The van der Waals surface area contributed by atoms with Crippen molar-refractivity contribution >= 4 is 5.91 Å². The Morgan fingerprint density at radius 1 is 1.22 bits per heavy atom. The maximum absolute atomic E-state index is 12.7. The molecule has 1 amide bonds. The van der Waals surface area contributed by atoms with E-state index in [0.29, 0.717) is 24.6 Å².